The van der Waals surface area contributed by atoms with E-state index in [1.54, 1.807) is 6.20 Å². The first-order valence-electron chi connectivity index (χ1n) is 6.04. The van der Waals surface area contributed by atoms with Crippen molar-refractivity contribution >= 4 is 31.9 Å². The largest absolute Gasteiger partial charge is 0.363 e. The molecule has 2 aromatic rings. The number of pyridine rings is 1. The summed E-state index contributed by atoms with van der Waals surface area (Å²) in [6.45, 7) is 4.04. The van der Waals surface area contributed by atoms with Gasteiger partial charge in [0.1, 0.15) is 12.3 Å². The van der Waals surface area contributed by atoms with Gasteiger partial charge >= 0.3 is 0 Å². The fraction of sp³-hybridized carbons (Fsp3) is 0.417. The average molecular weight is 404 g/mol. The van der Waals surface area contributed by atoms with Gasteiger partial charge in [0.25, 0.3) is 5.89 Å². The lowest BCUT2D eigenvalue weighted by atomic mass is 10.0. The molecule has 0 atom stereocenters. The fourth-order valence-corrected chi connectivity index (χ4v) is 2.97. The van der Waals surface area contributed by atoms with E-state index in [1.807, 2.05) is 13.0 Å². The van der Waals surface area contributed by atoms with Gasteiger partial charge in [-0.1, -0.05) is 5.16 Å². The zero-order chi connectivity index (χ0) is 14.2. The Morgan fingerprint density at radius 1 is 1.45 bits per heavy atom. The molecule has 6 nitrogen and oxygen atoms in total. The number of halogens is 2. The Hall–Kier alpha value is -0.830. The number of hydrogen-bond donors (Lipinski definition) is 1. The Balaban J connectivity index is 1.72. The maximum absolute atomic E-state index is 5.75. The summed E-state index contributed by atoms with van der Waals surface area (Å²) in [6, 6.07) is 1.88. The van der Waals surface area contributed by atoms with E-state index in [9.17, 15) is 0 Å². The lowest BCUT2D eigenvalue weighted by Gasteiger charge is -2.38. The molecule has 2 aromatic heterocycles. The van der Waals surface area contributed by atoms with Crippen molar-refractivity contribution in [1.29, 1.82) is 0 Å². The molecule has 1 aliphatic rings. The average Bonchev–Trinajstić information content (AvgIpc) is 2.82. The van der Waals surface area contributed by atoms with Crippen molar-refractivity contribution in [2.45, 2.75) is 19.1 Å². The van der Waals surface area contributed by atoms with Gasteiger partial charge in [0.05, 0.1) is 5.60 Å². The standard InChI is InChI=1S/C12H12Br2N4O2/c1-12(5-15-6-12)19-4-9-17-11(18-20-9)10-8(14)2-7(13)3-16-10/h2-3,15H,4-6H2,1H3. The van der Waals surface area contributed by atoms with E-state index in [4.69, 9.17) is 9.26 Å². The fourth-order valence-electron chi connectivity index (χ4n) is 1.80. The zero-order valence-corrected chi connectivity index (χ0v) is 13.9. The van der Waals surface area contributed by atoms with Gasteiger partial charge in [-0.3, -0.25) is 4.98 Å². The molecule has 0 unspecified atom stereocenters. The van der Waals surface area contributed by atoms with Crippen LogP contribution in [0.3, 0.4) is 0 Å². The van der Waals surface area contributed by atoms with E-state index < -0.39 is 0 Å². The van der Waals surface area contributed by atoms with Gasteiger partial charge in [-0.05, 0) is 44.8 Å². The molecule has 1 saturated heterocycles. The molecule has 0 radical (unpaired) electrons. The third kappa shape index (κ3) is 2.93. The van der Waals surface area contributed by atoms with Crippen LogP contribution in [0.5, 0.6) is 0 Å². The summed E-state index contributed by atoms with van der Waals surface area (Å²) in [4.78, 5) is 8.57. The first-order chi connectivity index (χ1) is 9.56. The second-order valence-electron chi connectivity index (χ2n) is 4.84. The van der Waals surface area contributed by atoms with E-state index in [0.717, 1.165) is 22.0 Å². The van der Waals surface area contributed by atoms with Crippen LogP contribution in [0.15, 0.2) is 25.7 Å². The monoisotopic (exact) mass is 402 g/mol. The Morgan fingerprint density at radius 3 is 2.90 bits per heavy atom. The van der Waals surface area contributed by atoms with Crippen LogP contribution >= 0.6 is 31.9 Å². The second-order valence-corrected chi connectivity index (χ2v) is 6.61. The van der Waals surface area contributed by atoms with Gasteiger partial charge in [0.2, 0.25) is 5.82 Å². The van der Waals surface area contributed by atoms with Crippen LogP contribution < -0.4 is 5.32 Å². The first kappa shape index (κ1) is 14.1. The third-order valence-corrected chi connectivity index (χ3v) is 4.07. The van der Waals surface area contributed by atoms with Gasteiger partial charge in [-0.15, -0.1) is 0 Å². The quantitative estimate of drug-likeness (QED) is 0.845. The molecule has 1 N–H and O–H groups in total. The van der Waals surface area contributed by atoms with Crippen molar-refractivity contribution in [3.63, 3.8) is 0 Å². The van der Waals surface area contributed by atoms with Gasteiger partial charge in [0.15, 0.2) is 0 Å². The van der Waals surface area contributed by atoms with Crippen LogP contribution in [0.1, 0.15) is 12.8 Å². The van der Waals surface area contributed by atoms with Crippen molar-refractivity contribution in [3.8, 4) is 11.5 Å². The molecule has 3 rings (SSSR count). The molecule has 0 saturated carbocycles. The Labute approximate surface area is 132 Å². The van der Waals surface area contributed by atoms with E-state index >= 15 is 0 Å². The summed E-state index contributed by atoms with van der Waals surface area (Å²) < 4.78 is 12.6. The molecule has 3 heterocycles. The molecular formula is C12H12Br2N4O2. The SMILES string of the molecule is CC1(OCc2nc(-c3ncc(Br)cc3Br)no2)CNC1. The molecule has 0 spiro atoms. The first-order valence-corrected chi connectivity index (χ1v) is 7.63. The Bertz CT molecular complexity index is 628. The third-order valence-electron chi connectivity index (χ3n) is 3.03. The number of nitrogens with zero attached hydrogens (tertiary/aromatic N) is 3. The summed E-state index contributed by atoms with van der Waals surface area (Å²) >= 11 is 6.78. The lowest BCUT2D eigenvalue weighted by Crippen LogP contribution is -2.58. The van der Waals surface area contributed by atoms with E-state index in [2.05, 4.69) is 52.3 Å². The van der Waals surface area contributed by atoms with Gasteiger partial charge < -0.3 is 14.6 Å². The summed E-state index contributed by atoms with van der Waals surface area (Å²) in [5.74, 6) is 0.893. The van der Waals surface area contributed by atoms with Crippen LogP contribution in [0.2, 0.25) is 0 Å². The molecular weight excluding hydrogens is 392 g/mol. The predicted octanol–water partition coefficient (Wildman–Crippen LogP) is 2.54. The van der Waals surface area contributed by atoms with Crippen LogP contribution in [0, 0.1) is 0 Å². The van der Waals surface area contributed by atoms with Gasteiger partial charge in [0, 0.05) is 28.2 Å². The summed E-state index contributed by atoms with van der Waals surface area (Å²) in [7, 11) is 0. The summed E-state index contributed by atoms with van der Waals surface area (Å²) in [5.41, 5.74) is 0.505. The highest BCUT2D eigenvalue weighted by molar-refractivity contribution is 9.11. The van der Waals surface area contributed by atoms with Crippen molar-refractivity contribution < 1.29 is 9.26 Å². The van der Waals surface area contributed by atoms with Crippen molar-refractivity contribution in [2.75, 3.05) is 13.1 Å². The molecule has 20 heavy (non-hydrogen) atoms. The summed E-state index contributed by atoms with van der Waals surface area (Å²) in [6.07, 6.45) is 1.69. The number of ether oxygens (including phenoxy) is 1. The summed E-state index contributed by atoms with van der Waals surface area (Å²) in [5, 5.41) is 7.10. The minimum atomic E-state index is -0.134. The molecule has 8 heteroatoms. The number of aromatic nitrogens is 3. The van der Waals surface area contributed by atoms with Crippen molar-refractivity contribution in [1.82, 2.24) is 20.4 Å². The van der Waals surface area contributed by atoms with Crippen LogP contribution in [-0.2, 0) is 11.3 Å². The molecule has 0 amide bonds. The highest BCUT2D eigenvalue weighted by Gasteiger charge is 2.33. The maximum atomic E-state index is 5.75. The van der Waals surface area contributed by atoms with E-state index in [0.29, 0.717) is 24.0 Å². The van der Waals surface area contributed by atoms with E-state index in [1.165, 1.54) is 0 Å². The number of hydrogen-bond acceptors (Lipinski definition) is 6. The topological polar surface area (TPSA) is 73.1 Å². The lowest BCUT2D eigenvalue weighted by molar-refractivity contribution is -0.0841. The van der Waals surface area contributed by atoms with Crippen LogP contribution in [0.4, 0.5) is 0 Å². The Kier molecular flexibility index (Phi) is 3.89. The maximum Gasteiger partial charge on any atom is 0.253 e. The normalized spacial score (nSPS) is 16.9. The van der Waals surface area contributed by atoms with Crippen LogP contribution in [-0.4, -0.2) is 33.8 Å². The molecule has 1 fully saturated rings. The minimum absolute atomic E-state index is 0.134. The number of nitrogens with one attached hydrogen (secondary N) is 1. The molecule has 0 aliphatic carbocycles. The predicted molar refractivity (Wildman–Crippen MR) is 79.0 cm³/mol. The smallest absolute Gasteiger partial charge is 0.253 e. The highest BCUT2D eigenvalue weighted by Crippen LogP contribution is 2.26. The van der Waals surface area contributed by atoms with E-state index in [-0.39, 0.29) is 5.60 Å². The van der Waals surface area contributed by atoms with Crippen molar-refractivity contribution in [3.05, 3.63) is 27.1 Å². The molecule has 1 aliphatic heterocycles. The molecule has 0 aromatic carbocycles. The molecule has 0 bridgehead atoms. The van der Waals surface area contributed by atoms with Crippen LogP contribution in [0.25, 0.3) is 11.5 Å². The zero-order valence-electron chi connectivity index (χ0n) is 10.7. The minimum Gasteiger partial charge on any atom is -0.363 e. The highest BCUT2D eigenvalue weighted by atomic mass is 79.9. The Morgan fingerprint density at radius 2 is 2.25 bits per heavy atom. The van der Waals surface area contributed by atoms with Crippen molar-refractivity contribution in [2.24, 2.45) is 0 Å². The van der Waals surface area contributed by atoms with Gasteiger partial charge in [-0.2, -0.15) is 4.98 Å². The number of rotatable bonds is 4. The van der Waals surface area contributed by atoms with Gasteiger partial charge in [-0.25, -0.2) is 0 Å². The second kappa shape index (κ2) is 5.51. The molecule has 106 valence electrons.